The van der Waals surface area contributed by atoms with Gasteiger partial charge in [0.2, 0.25) is 0 Å². The molecule has 4 heteroatoms. The van der Waals surface area contributed by atoms with Crippen molar-refractivity contribution < 1.29 is 9.53 Å². The fraction of sp³-hybridized carbons (Fsp3) is 0.333. The highest BCUT2D eigenvalue weighted by molar-refractivity contribution is 7.80. The maximum absolute atomic E-state index is 11.3. The van der Waals surface area contributed by atoms with E-state index in [1.54, 1.807) is 6.07 Å². The summed E-state index contributed by atoms with van der Waals surface area (Å²) in [6.07, 6.45) is 0.958. The monoisotopic (exact) mass is 235 g/mol. The Morgan fingerprint density at radius 3 is 2.75 bits per heavy atom. The second kappa shape index (κ2) is 5.57. The molecule has 1 aromatic rings. The molecule has 1 aromatic carbocycles. The lowest BCUT2D eigenvalue weighted by molar-refractivity contribution is -0.139. The molecule has 0 saturated heterocycles. The number of thiol groups is 1. The second-order valence-electron chi connectivity index (χ2n) is 3.32. The molecule has 0 aliphatic heterocycles. The normalized spacial score (nSPS) is 9.62. The van der Waals surface area contributed by atoms with Gasteiger partial charge in [0.05, 0.1) is 19.1 Å². The molecular formula is C12H13NO2S. The molecule has 0 radical (unpaired) electrons. The van der Waals surface area contributed by atoms with Crippen molar-refractivity contribution in [3.63, 3.8) is 0 Å². The van der Waals surface area contributed by atoms with Gasteiger partial charge in [-0.2, -0.15) is 5.26 Å². The van der Waals surface area contributed by atoms with E-state index in [1.807, 2.05) is 19.1 Å². The van der Waals surface area contributed by atoms with E-state index in [0.717, 1.165) is 17.5 Å². The zero-order valence-corrected chi connectivity index (χ0v) is 10.2. The van der Waals surface area contributed by atoms with Crippen molar-refractivity contribution >= 4 is 18.6 Å². The minimum Gasteiger partial charge on any atom is -0.469 e. The molecule has 0 aliphatic rings. The average Bonchev–Trinajstić information content (AvgIpc) is 2.31. The highest BCUT2D eigenvalue weighted by atomic mass is 32.1. The first kappa shape index (κ1) is 12.6. The zero-order chi connectivity index (χ0) is 12.1. The standard InChI is InChI=1S/C12H13NO2S/c1-3-8-4-5-9(7-13)12(16)10(8)6-11(14)15-2/h4-5,16H,3,6H2,1-2H3. The zero-order valence-electron chi connectivity index (χ0n) is 9.28. The van der Waals surface area contributed by atoms with Crippen molar-refractivity contribution in [1.29, 1.82) is 5.26 Å². The highest BCUT2D eigenvalue weighted by Crippen LogP contribution is 2.24. The third-order valence-electron chi connectivity index (χ3n) is 2.43. The van der Waals surface area contributed by atoms with Crippen molar-refractivity contribution in [1.82, 2.24) is 0 Å². The van der Waals surface area contributed by atoms with Crippen molar-refractivity contribution in [3.8, 4) is 6.07 Å². The summed E-state index contributed by atoms with van der Waals surface area (Å²) in [5.74, 6) is -0.319. The first-order chi connectivity index (χ1) is 7.63. The van der Waals surface area contributed by atoms with Gasteiger partial charge in [0.1, 0.15) is 6.07 Å². The van der Waals surface area contributed by atoms with Gasteiger partial charge in [0.25, 0.3) is 0 Å². The Labute approximate surface area is 100 Å². The molecule has 0 unspecified atom stereocenters. The van der Waals surface area contributed by atoms with E-state index in [2.05, 4.69) is 17.4 Å². The first-order valence-electron chi connectivity index (χ1n) is 4.94. The lowest BCUT2D eigenvalue weighted by Gasteiger charge is -2.10. The van der Waals surface area contributed by atoms with Crippen molar-refractivity contribution in [2.45, 2.75) is 24.7 Å². The van der Waals surface area contributed by atoms with Gasteiger partial charge in [-0.1, -0.05) is 13.0 Å². The van der Waals surface area contributed by atoms with Crippen LogP contribution in [0, 0.1) is 11.3 Å². The first-order valence-corrected chi connectivity index (χ1v) is 5.39. The van der Waals surface area contributed by atoms with Crippen LogP contribution in [0.15, 0.2) is 17.0 Å². The quantitative estimate of drug-likeness (QED) is 0.645. The third-order valence-corrected chi connectivity index (χ3v) is 2.94. The topological polar surface area (TPSA) is 50.1 Å². The van der Waals surface area contributed by atoms with Crippen LogP contribution >= 0.6 is 12.6 Å². The van der Waals surface area contributed by atoms with Crippen LogP contribution in [0.4, 0.5) is 0 Å². The number of methoxy groups -OCH3 is 1. The predicted molar refractivity (Wildman–Crippen MR) is 63.5 cm³/mol. The van der Waals surface area contributed by atoms with Crippen LogP contribution in [0.5, 0.6) is 0 Å². The highest BCUT2D eigenvalue weighted by Gasteiger charge is 2.13. The Morgan fingerprint density at radius 2 is 2.25 bits per heavy atom. The average molecular weight is 235 g/mol. The molecule has 0 fully saturated rings. The number of hydrogen-bond donors (Lipinski definition) is 1. The van der Waals surface area contributed by atoms with Gasteiger partial charge in [-0.15, -0.1) is 12.6 Å². The van der Waals surface area contributed by atoms with E-state index in [-0.39, 0.29) is 12.4 Å². The Balaban J connectivity index is 3.22. The molecule has 0 aromatic heterocycles. The Bertz CT molecular complexity index is 449. The minimum atomic E-state index is -0.319. The van der Waals surface area contributed by atoms with Crippen LogP contribution in [0.25, 0.3) is 0 Å². The summed E-state index contributed by atoms with van der Waals surface area (Å²) < 4.78 is 4.63. The van der Waals surface area contributed by atoms with Gasteiger partial charge in [0.15, 0.2) is 0 Å². The SMILES string of the molecule is CCc1ccc(C#N)c(S)c1CC(=O)OC. The summed E-state index contributed by atoms with van der Waals surface area (Å²) in [5, 5.41) is 8.88. The molecule has 0 saturated carbocycles. The predicted octanol–water partition coefficient (Wildman–Crippen LogP) is 2.12. The molecule has 16 heavy (non-hydrogen) atoms. The number of hydrogen-bond acceptors (Lipinski definition) is 4. The molecule has 0 heterocycles. The van der Waals surface area contributed by atoms with E-state index < -0.39 is 0 Å². The lowest BCUT2D eigenvalue weighted by Crippen LogP contribution is -2.08. The number of rotatable bonds is 3. The molecule has 0 aliphatic carbocycles. The van der Waals surface area contributed by atoms with E-state index in [1.165, 1.54) is 7.11 Å². The van der Waals surface area contributed by atoms with Crippen LogP contribution in [0.3, 0.4) is 0 Å². The molecule has 0 N–H and O–H groups in total. The molecular weight excluding hydrogens is 222 g/mol. The van der Waals surface area contributed by atoms with Crippen LogP contribution < -0.4 is 0 Å². The van der Waals surface area contributed by atoms with Crippen molar-refractivity contribution in [2.75, 3.05) is 7.11 Å². The third kappa shape index (κ3) is 2.56. The van der Waals surface area contributed by atoms with Crippen molar-refractivity contribution in [2.24, 2.45) is 0 Å². The molecule has 3 nitrogen and oxygen atoms in total. The van der Waals surface area contributed by atoms with Crippen molar-refractivity contribution in [3.05, 3.63) is 28.8 Å². The number of carbonyl (C=O) groups excluding carboxylic acids is 1. The van der Waals surface area contributed by atoms with Crippen LogP contribution in [-0.2, 0) is 22.4 Å². The van der Waals surface area contributed by atoms with Gasteiger partial charge >= 0.3 is 5.97 Å². The van der Waals surface area contributed by atoms with Crippen LogP contribution in [-0.4, -0.2) is 13.1 Å². The summed E-state index contributed by atoms with van der Waals surface area (Å²) in [5.41, 5.74) is 2.30. The maximum Gasteiger partial charge on any atom is 0.310 e. The number of nitrogens with zero attached hydrogens (tertiary/aromatic N) is 1. The molecule has 0 bridgehead atoms. The Hall–Kier alpha value is -1.47. The molecule has 0 spiro atoms. The van der Waals surface area contributed by atoms with E-state index >= 15 is 0 Å². The molecule has 1 rings (SSSR count). The second-order valence-corrected chi connectivity index (χ2v) is 3.76. The number of aryl methyl sites for hydroxylation is 1. The van der Waals surface area contributed by atoms with Crippen LogP contribution in [0.2, 0.25) is 0 Å². The van der Waals surface area contributed by atoms with Gasteiger partial charge < -0.3 is 4.74 Å². The Morgan fingerprint density at radius 1 is 1.56 bits per heavy atom. The summed E-state index contributed by atoms with van der Waals surface area (Å²) in [6.45, 7) is 2.00. The van der Waals surface area contributed by atoms with Gasteiger partial charge in [0, 0.05) is 4.90 Å². The number of esters is 1. The summed E-state index contributed by atoms with van der Waals surface area (Å²) in [6, 6.07) is 5.63. The van der Waals surface area contributed by atoms with Gasteiger partial charge in [-0.25, -0.2) is 0 Å². The smallest absolute Gasteiger partial charge is 0.310 e. The van der Waals surface area contributed by atoms with E-state index in [4.69, 9.17) is 5.26 Å². The number of carbonyl (C=O) groups is 1. The fourth-order valence-corrected chi connectivity index (χ4v) is 1.86. The van der Waals surface area contributed by atoms with E-state index in [0.29, 0.717) is 10.5 Å². The lowest BCUT2D eigenvalue weighted by atomic mass is 9.99. The fourth-order valence-electron chi connectivity index (χ4n) is 1.51. The number of benzene rings is 1. The number of nitriles is 1. The van der Waals surface area contributed by atoms with Gasteiger partial charge in [-0.05, 0) is 23.6 Å². The molecule has 0 amide bonds. The minimum absolute atomic E-state index is 0.161. The maximum atomic E-state index is 11.3. The Kier molecular flexibility index (Phi) is 4.39. The largest absolute Gasteiger partial charge is 0.469 e. The summed E-state index contributed by atoms with van der Waals surface area (Å²) >= 11 is 4.30. The number of ether oxygens (including phenoxy) is 1. The van der Waals surface area contributed by atoms with Crippen LogP contribution in [0.1, 0.15) is 23.6 Å². The summed E-state index contributed by atoms with van der Waals surface area (Å²) in [4.78, 5) is 11.8. The van der Waals surface area contributed by atoms with Gasteiger partial charge in [-0.3, -0.25) is 4.79 Å². The van der Waals surface area contributed by atoms with E-state index in [9.17, 15) is 4.79 Å². The summed E-state index contributed by atoms with van der Waals surface area (Å²) in [7, 11) is 1.35. The molecule has 84 valence electrons. The molecule has 0 atom stereocenters.